The molecular weight excluding hydrogens is 384 g/mol. The van der Waals surface area contributed by atoms with Crippen LogP contribution in [0.1, 0.15) is 32.2 Å². The van der Waals surface area contributed by atoms with E-state index in [4.69, 9.17) is 16.3 Å². The maximum atomic E-state index is 13.4. The van der Waals surface area contributed by atoms with Gasteiger partial charge in [0.15, 0.2) is 0 Å². The van der Waals surface area contributed by atoms with Gasteiger partial charge in [0.2, 0.25) is 0 Å². The summed E-state index contributed by atoms with van der Waals surface area (Å²) in [5.74, 6) is 0.0155. The SMILES string of the molecule is CCOC(=O)C(C)(C)n1c(C)nc2scc(-c3ccc(Cl)c(C)c3)c2c1=O. The largest absolute Gasteiger partial charge is 0.464 e. The lowest BCUT2D eigenvalue weighted by atomic mass is 10.0. The van der Waals surface area contributed by atoms with Crippen LogP contribution in [0.3, 0.4) is 0 Å². The van der Waals surface area contributed by atoms with Gasteiger partial charge >= 0.3 is 5.97 Å². The number of halogens is 1. The van der Waals surface area contributed by atoms with Crippen molar-refractivity contribution in [2.24, 2.45) is 0 Å². The van der Waals surface area contributed by atoms with Crippen LogP contribution >= 0.6 is 22.9 Å². The molecule has 0 unspecified atom stereocenters. The van der Waals surface area contributed by atoms with Gasteiger partial charge in [0.25, 0.3) is 5.56 Å². The molecule has 0 aliphatic heterocycles. The van der Waals surface area contributed by atoms with E-state index in [-0.39, 0.29) is 12.2 Å². The van der Waals surface area contributed by atoms with Crippen molar-refractivity contribution in [1.29, 1.82) is 0 Å². The van der Waals surface area contributed by atoms with Crippen LogP contribution in [0.5, 0.6) is 0 Å². The molecule has 0 bridgehead atoms. The first-order valence-corrected chi connectivity index (χ1v) is 9.89. The third-order valence-corrected chi connectivity index (χ3v) is 5.87. The van der Waals surface area contributed by atoms with Crippen LogP contribution < -0.4 is 5.56 Å². The van der Waals surface area contributed by atoms with Gasteiger partial charge in [0.1, 0.15) is 16.2 Å². The highest BCUT2D eigenvalue weighted by atomic mass is 35.5. The number of ether oxygens (including phenoxy) is 1. The minimum Gasteiger partial charge on any atom is -0.464 e. The van der Waals surface area contributed by atoms with Gasteiger partial charge in [0, 0.05) is 16.0 Å². The lowest BCUT2D eigenvalue weighted by Gasteiger charge is -2.26. The van der Waals surface area contributed by atoms with Crippen molar-refractivity contribution in [2.45, 2.75) is 40.2 Å². The van der Waals surface area contributed by atoms with Crippen LogP contribution in [-0.4, -0.2) is 22.1 Å². The highest BCUT2D eigenvalue weighted by Gasteiger charge is 2.35. The fourth-order valence-electron chi connectivity index (χ4n) is 3.17. The van der Waals surface area contributed by atoms with E-state index in [1.807, 2.05) is 30.5 Å². The number of rotatable bonds is 4. The molecule has 3 aromatic rings. The number of aromatic nitrogens is 2. The molecule has 0 radical (unpaired) electrons. The zero-order valence-corrected chi connectivity index (χ0v) is 17.5. The van der Waals surface area contributed by atoms with Crippen molar-refractivity contribution < 1.29 is 9.53 Å². The highest BCUT2D eigenvalue weighted by molar-refractivity contribution is 7.17. The first-order valence-electron chi connectivity index (χ1n) is 8.63. The third-order valence-electron chi connectivity index (χ3n) is 4.58. The maximum Gasteiger partial charge on any atom is 0.331 e. The second-order valence-electron chi connectivity index (χ2n) is 6.87. The molecule has 1 aromatic carbocycles. The minimum atomic E-state index is -1.16. The van der Waals surface area contributed by atoms with Gasteiger partial charge in [-0.2, -0.15) is 0 Å². The zero-order valence-electron chi connectivity index (χ0n) is 15.9. The molecule has 142 valence electrons. The van der Waals surface area contributed by atoms with Gasteiger partial charge in [-0.05, 0) is 57.9 Å². The number of hydrogen-bond donors (Lipinski definition) is 0. The van der Waals surface area contributed by atoms with Crippen molar-refractivity contribution in [3.8, 4) is 11.1 Å². The Morgan fingerprint density at radius 1 is 1.33 bits per heavy atom. The zero-order chi connectivity index (χ0) is 19.9. The molecule has 2 aromatic heterocycles. The molecule has 3 rings (SSSR count). The number of carbonyl (C=O) groups is 1. The van der Waals surface area contributed by atoms with Crippen LogP contribution in [0.25, 0.3) is 21.3 Å². The van der Waals surface area contributed by atoms with Crippen molar-refractivity contribution in [3.05, 3.63) is 50.3 Å². The topological polar surface area (TPSA) is 61.2 Å². The summed E-state index contributed by atoms with van der Waals surface area (Å²) in [6, 6.07) is 5.65. The summed E-state index contributed by atoms with van der Waals surface area (Å²) in [6.07, 6.45) is 0. The second-order valence-corrected chi connectivity index (χ2v) is 8.14. The molecule has 27 heavy (non-hydrogen) atoms. The summed E-state index contributed by atoms with van der Waals surface area (Å²) in [5.41, 5.74) is 1.21. The average Bonchev–Trinajstić information content (AvgIpc) is 3.01. The van der Waals surface area contributed by atoms with Crippen LogP contribution in [0.2, 0.25) is 5.02 Å². The Labute approximate surface area is 166 Å². The van der Waals surface area contributed by atoms with Gasteiger partial charge in [-0.15, -0.1) is 11.3 Å². The number of fused-ring (bicyclic) bond motifs is 1. The van der Waals surface area contributed by atoms with Crippen LogP contribution in [0, 0.1) is 13.8 Å². The van der Waals surface area contributed by atoms with E-state index in [9.17, 15) is 9.59 Å². The molecule has 0 atom stereocenters. The molecule has 0 fully saturated rings. The minimum absolute atomic E-state index is 0.249. The number of hydrogen-bond acceptors (Lipinski definition) is 5. The fraction of sp³-hybridized carbons (Fsp3) is 0.350. The summed E-state index contributed by atoms with van der Waals surface area (Å²) in [4.78, 5) is 31.1. The second kappa shape index (κ2) is 7.09. The Kier molecular flexibility index (Phi) is 5.14. The molecule has 7 heteroatoms. The number of esters is 1. The van der Waals surface area contributed by atoms with E-state index in [2.05, 4.69) is 4.98 Å². The Morgan fingerprint density at radius 2 is 2.04 bits per heavy atom. The molecule has 5 nitrogen and oxygen atoms in total. The predicted molar refractivity (Wildman–Crippen MR) is 110 cm³/mol. The summed E-state index contributed by atoms with van der Waals surface area (Å²) < 4.78 is 6.59. The molecule has 0 aliphatic rings. The molecular formula is C20H21ClN2O3S. The fourth-order valence-corrected chi connectivity index (χ4v) is 4.28. The lowest BCUT2D eigenvalue weighted by molar-refractivity contribution is -0.152. The van der Waals surface area contributed by atoms with Crippen molar-refractivity contribution in [3.63, 3.8) is 0 Å². The van der Waals surface area contributed by atoms with Gasteiger partial charge in [-0.25, -0.2) is 9.78 Å². The van der Waals surface area contributed by atoms with E-state index < -0.39 is 11.5 Å². The standard InChI is InChI=1S/C20H21ClN2O3S/c1-6-26-19(25)20(4,5)23-12(3)22-17-16(18(23)24)14(10-27-17)13-7-8-15(21)11(2)9-13/h7-10H,6H2,1-5H3. The predicted octanol–water partition coefficient (Wildman–Crippen LogP) is 4.69. The van der Waals surface area contributed by atoms with Crippen LogP contribution in [0.15, 0.2) is 28.4 Å². The summed E-state index contributed by atoms with van der Waals surface area (Å²) in [5, 5.41) is 3.10. The van der Waals surface area contributed by atoms with E-state index >= 15 is 0 Å². The van der Waals surface area contributed by atoms with Crippen LogP contribution in [0.4, 0.5) is 0 Å². The van der Waals surface area contributed by atoms with Crippen molar-refractivity contribution in [1.82, 2.24) is 9.55 Å². The number of benzene rings is 1. The first-order chi connectivity index (χ1) is 12.7. The van der Waals surface area contributed by atoms with Crippen molar-refractivity contribution in [2.75, 3.05) is 6.61 Å². The van der Waals surface area contributed by atoms with Crippen molar-refractivity contribution >= 4 is 39.1 Å². The van der Waals surface area contributed by atoms with Gasteiger partial charge in [-0.3, -0.25) is 9.36 Å². The number of thiophene rings is 1. The highest BCUT2D eigenvalue weighted by Crippen LogP contribution is 2.33. The number of nitrogens with zero attached hydrogens (tertiary/aromatic N) is 2. The quantitative estimate of drug-likeness (QED) is 0.591. The smallest absolute Gasteiger partial charge is 0.331 e. The molecule has 2 heterocycles. The normalized spacial score (nSPS) is 11.8. The molecule has 0 N–H and O–H groups in total. The Bertz CT molecular complexity index is 1100. The summed E-state index contributed by atoms with van der Waals surface area (Å²) in [7, 11) is 0. The van der Waals surface area contributed by atoms with Gasteiger partial charge < -0.3 is 4.74 Å². The Morgan fingerprint density at radius 3 is 2.67 bits per heavy atom. The molecule has 0 aliphatic carbocycles. The van der Waals surface area contributed by atoms with Gasteiger partial charge in [0.05, 0.1) is 12.0 Å². The Hall–Kier alpha value is -2.18. The van der Waals surface area contributed by atoms with Crippen LogP contribution in [-0.2, 0) is 15.1 Å². The lowest BCUT2D eigenvalue weighted by Crippen LogP contribution is -2.45. The van der Waals surface area contributed by atoms with E-state index in [1.54, 1.807) is 27.7 Å². The van der Waals surface area contributed by atoms with E-state index in [0.29, 0.717) is 21.1 Å². The third kappa shape index (κ3) is 3.28. The van der Waals surface area contributed by atoms with E-state index in [0.717, 1.165) is 16.7 Å². The molecule has 0 saturated carbocycles. The molecule has 0 saturated heterocycles. The molecule has 0 spiro atoms. The van der Waals surface area contributed by atoms with Gasteiger partial charge in [-0.1, -0.05) is 17.7 Å². The molecule has 0 amide bonds. The summed E-state index contributed by atoms with van der Waals surface area (Å²) in [6.45, 7) is 8.99. The van der Waals surface area contributed by atoms with E-state index in [1.165, 1.54) is 15.9 Å². The number of carbonyl (C=O) groups excluding carboxylic acids is 1. The maximum absolute atomic E-state index is 13.4. The number of aryl methyl sites for hydroxylation is 2. The monoisotopic (exact) mass is 404 g/mol. The average molecular weight is 405 g/mol. The first kappa shape index (κ1) is 19.6. The summed E-state index contributed by atoms with van der Waals surface area (Å²) >= 11 is 7.55. The Balaban J connectivity index is 2.28.